The van der Waals surface area contributed by atoms with Crippen molar-refractivity contribution in [3.63, 3.8) is 0 Å². The number of para-hydroxylation sites is 1. The maximum absolute atomic E-state index is 14.1. The summed E-state index contributed by atoms with van der Waals surface area (Å²) in [5.41, 5.74) is 0.632. The van der Waals surface area contributed by atoms with Crippen LogP contribution < -0.4 is 4.90 Å². The molecular formula is C15H12FN3O2. The molecule has 0 unspecified atom stereocenters. The fraction of sp³-hybridized carbons (Fsp3) is 0.133. The fourth-order valence-electron chi connectivity index (χ4n) is 1.99. The van der Waals surface area contributed by atoms with Gasteiger partial charge in [-0.15, -0.1) is 0 Å². The van der Waals surface area contributed by atoms with Gasteiger partial charge in [0.1, 0.15) is 0 Å². The maximum atomic E-state index is 14.1. The van der Waals surface area contributed by atoms with Crippen molar-refractivity contribution >= 4 is 17.1 Å². The van der Waals surface area contributed by atoms with Gasteiger partial charge >= 0.3 is 0 Å². The summed E-state index contributed by atoms with van der Waals surface area (Å²) in [5, 5.41) is 19.4. The zero-order chi connectivity index (χ0) is 15.2. The highest BCUT2D eigenvalue weighted by Gasteiger charge is 2.17. The van der Waals surface area contributed by atoms with Crippen LogP contribution in [0.3, 0.4) is 0 Å². The molecule has 0 heterocycles. The van der Waals surface area contributed by atoms with Gasteiger partial charge in [-0.1, -0.05) is 18.2 Å². The summed E-state index contributed by atoms with van der Waals surface area (Å²) >= 11 is 0. The molecule has 0 atom stereocenters. The summed E-state index contributed by atoms with van der Waals surface area (Å²) in [6.45, 7) is 0.301. The van der Waals surface area contributed by atoms with Gasteiger partial charge in [0.25, 0.3) is 5.69 Å². The van der Waals surface area contributed by atoms with Gasteiger partial charge in [-0.05, 0) is 18.2 Å². The van der Waals surface area contributed by atoms with Crippen molar-refractivity contribution in [1.82, 2.24) is 0 Å². The standard InChI is InChI=1S/C15H12FN3O2/c16-14-11-13(19(20)21)7-8-15(14)18(10-4-9-17)12-5-2-1-3-6-12/h1-3,5-8,11H,4,10H2. The molecule has 0 bridgehead atoms. The Kier molecular flexibility index (Phi) is 4.46. The van der Waals surface area contributed by atoms with Crippen molar-refractivity contribution in [3.05, 3.63) is 64.5 Å². The molecule has 0 fully saturated rings. The lowest BCUT2D eigenvalue weighted by atomic mass is 10.2. The Labute approximate surface area is 121 Å². The van der Waals surface area contributed by atoms with Crippen molar-refractivity contribution in [1.29, 1.82) is 5.26 Å². The van der Waals surface area contributed by atoms with E-state index in [9.17, 15) is 14.5 Å². The number of non-ortho nitro benzene ring substituents is 1. The fourth-order valence-corrected chi connectivity index (χ4v) is 1.99. The lowest BCUT2D eigenvalue weighted by Gasteiger charge is -2.24. The molecule has 0 aliphatic carbocycles. The third-order valence-electron chi connectivity index (χ3n) is 2.95. The van der Waals surface area contributed by atoms with E-state index < -0.39 is 10.7 Å². The predicted molar refractivity (Wildman–Crippen MR) is 76.7 cm³/mol. The summed E-state index contributed by atoms with van der Waals surface area (Å²) in [5.74, 6) is -0.689. The third kappa shape index (κ3) is 3.34. The van der Waals surface area contributed by atoms with Crippen LogP contribution in [0.1, 0.15) is 6.42 Å². The first kappa shape index (κ1) is 14.5. The molecule has 2 aromatic rings. The van der Waals surface area contributed by atoms with Crippen LogP contribution in [0.4, 0.5) is 21.5 Å². The second-order valence-electron chi connectivity index (χ2n) is 4.29. The molecule has 0 saturated carbocycles. The smallest absolute Gasteiger partial charge is 0.272 e. The first-order chi connectivity index (χ1) is 10.1. The Morgan fingerprint density at radius 3 is 2.52 bits per heavy atom. The molecule has 0 amide bonds. The molecule has 0 aromatic heterocycles. The van der Waals surface area contributed by atoms with Gasteiger partial charge in [-0.3, -0.25) is 10.1 Å². The van der Waals surface area contributed by atoms with Gasteiger partial charge < -0.3 is 4.90 Å². The molecule has 0 aliphatic heterocycles. The van der Waals surface area contributed by atoms with Crippen LogP contribution in [0, 0.1) is 27.3 Å². The van der Waals surface area contributed by atoms with Crippen molar-refractivity contribution in [2.24, 2.45) is 0 Å². The zero-order valence-corrected chi connectivity index (χ0v) is 11.1. The van der Waals surface area contributed by atoms with Crippen molar-refractivity contribution in [3.8, 4) is 6.07 Å². The maximum Gasteiger partial charge on any atom is 0.272 e. The number of nitrogens with zero attached hydrogens (tertiary/aromatic N) is 3. The van der Waals surface area contributed by atoms with E-state index in [1.807, 2.05) is 12.1 Å². The minimum absolute atomic E-state index is 0.210. The van der Waals surface area contributed by atoms with Gasteiger partial charge in [0.2, 0.25) is 0 Å². The zero-order valence-electron chi connectivity index (χ0n) is 11.1. The molecule has 21 heavy (non-hydrogen) atoms. The quantitative estimate of drug-likeness (QED) is 0.619. The normalized spacial score (nSPS) is 9.90. The van der Waals surface area contributed by atoms with Crippen LogP contribution in [0.5, 0.6) is 0 Å². The van der Waals surface area contributed by atoms with Crippen LogP contribution in [0.25, 0.3) is 0 Å². The molecule has 0 spiro atoms. The number of nitro groups is 1. The summed E-state index contributed by atoms with van der Waals surface area (Å²) in [6, 6.07) is 14.5. The second-order valence-corrected chi connectivity index (χ2v) is 4.29. The first-order valence-corrected chi connectivity index (χ1v) is 6.27. The third-order valence-corrected chi connectivity index (χ3v) is 2.95. The number of rotatable bonds is 5. The van der Waals surface area contributed by atoms with E-state index in [0.717, 1.165) is 11.8 Å². The van der Waals surface area contributed by atoms with Crippen molar-refractivity contribution in [2.45, 2.75) is 6.42 Å². The van der Waals surface area contributed by atoms with E-state index in [2.05, 4.69) is 0 Å². The molecule has 0 radical (unpaired) electrons. The van der Waals surface area contributed by atoms with E-state index >= 15 is 0 Å². The van der Waals surface area contributed by atoms with Crippen LogP contribution in [0.15, 0.2) is 48.5 Å². The van der Waals surface area contributed by atoms with Gasteiger partial charge in [0.05, 0.1) is 29.2 Å². The van der Waals surface area contributed by atoms with Gasteiger partial charge in [-0.2, -0.15) is 5.26 Å². The predicted octanol–water partition coefficient (Wildman–Crippen LogP) is 3.79. The monoisotopic (exact) mass is 285 g/mol. The number of hydrogen-bond acceptors (Lipinski definition) is 4. The highest BCUT2D eigenvalue weighted by atomic mass is 19.1. The van der Waals surface area contributed by atoms with Gasteiger partial charge in [-0.25, -0.2) is 4.39 Å². The molecular weight excluding hydrogens is 273 g/mol. The minimum atomic E-state index is -0.689. The van der Waals surface area contributed by atoms with Crippen LogP contribution >= 0.6 is 0 Å². The summed E-state index contributed by atoms with van der Waals surface area (Å²) in [7, 11) is 0. The van der Waals surface area contributed by atoms with Gasteiger partial charge in [0, 0.05) is 18.3 Å². The highest BCUT2D eigenvalue weighted by molar-refractivity contribution is 5.65. The summed E-state index contributed by atoms with van der Waals surface area (Å²) < 4.78 is 14.1. The molecule has 0 N–H and O–H groups in total. The average Bonchev–Trinajstić information content (AvgIpc) is 2.50. The SMILES string of the molecule is N#CCCN(c1ccccc1)c1ccc([N+](=O)[O-])cc1F. The Morgan fingerprint density at radius 2 is 1.95 bits per heavy atom. The van der Waals surface area contributed by atoms with Crippen LogP contribution in [0.2, 0.25) is 0 Å². The first-order valence-electron chi connectivity index (χ1n) is 6.27. The average molecular weight is 285 g/mol. The van der Waals surface area contributed by atoms with E-state index in [0.29, 0.717) is 6.54 Å². The van der Waals surface area contributed by atoms with E-state index in [1.165, 1.54) is 12.1 Å². The number of hydrogen-bond donors (Lipinski definition) is 0. The van der Waals surface area contributed by atoms with Crippen LogP contribution in [-0.2, 0) is 0 Å². The summed E-state index contributed by atoms with van der Waals surface area (Å²) in [6.07, 6.45) is 0.214. The second kappa shape index (κ2) is 6.48. The van der Waals surface area contributed by atoms with Gasteiger partial charge in [0.15, 0.2) is 5.82 Å². The molecule has 6 heteroatoms. The van der Waals surface area contributed by atoms with Crippen molar-refractivity contribution in [2.75, 3.05) is 11.4 Å². The molecule has 0 saturated heterocycles. The molecule has 106 valence electrons. The molecule has 5 nitrogen and oxygen atoms in total. The number of benzene rings is 2. The van der Waals surface area contributed by atoms with E-state index in [4.69, 9.17) is 5.26 Å². The number of anilines is 2. The van der Waals surface area contributed by atoms with E-state index in [1.54, 1.807) is 29.2 Å². The van der Waals surface area contributed by atoms with E-state index in [-0.39, 0.29) is 17.8 Å². The van der Waals surface area contributed by atoms with Crippen molar-refractivity contribution < 1.29 is 9.31 Å². The Balaban J connectivity index is 2.42. The lowest BCUT2D eigenvalue weighted by Crippen LogP contribution is -2.19. The highest BCUT2D eigenvalue weighted by Crippen LogP contribution is 2.30. The number of halogens is 1. The summed E-state index contributed by atoms with van der Waals surface area (Å²) in [4.78, 5) is 11.6. The Hall–Kier alpha value is -2.94. The molecule has 2 aromatic carbocycles. The Bertz CT molecular complexity index is 683. The molecule has 0 aliphatic rings. The topological polar surface area (TPSA) is 70.2 Å². The number of nitriles is 1. The van der Waals surface area contributed by atoms with Crippen LogP contribution in [-0.4, -0.2) is 11.5 Å². The minimum Gasteiger partial charge on any atom is -0.338 e. The molecule has 2 rings (SSSR count). The lowest BCUT2D eigenvalue weighted by molar-refractivity contribution is -0.385. The Morgan fingerprint density at radius 1 is 1.24 bits per heavy atom. The largest absolute Gasteiger partial charge is 0.338 e. The number of nitro benzene ring substituents is 1.